The number of aryl methyl sites for hydroxylation is 1. The Balaban J connectivity index is 1.86. The lowest BCUT2D eigenvalue weighted by Gasteiger charge is -2.18. The van der Waals surface area contributed by atoms with Crippen molar-refractivity contribution in [1.29, 1.82) is 0 Å². The summed E-state index contributed by atoms with van der Waals surface area (Å²) >= 11 is 1.89. The summed E-state index contributed by atoms with van der Waals surface area (Å²) in [5, 5.41) is 3.56. The van der Waals surface area contributed by atoms with Gasteiger partial charge >= 0.3 is 0 Å². The van der Waals surface area contributed by atoms with Gasteiger partial charge in [0.05, 0.1) is 5.69 Å². The van der Waals surface area contributed by atoms with Crippen LogP contribution in [0.1, 0.15) is 31.9 Å². The molecule has 1 N–H and O–H groups in total. The highest BCUT2D eigenvalue weighted by Gasteiger charge is 2.22. The summed E-state index contributed by atoms with van der Waals surface area (Å²) in [6.45, 7) is 6.69. The van der Waals surface area contributed by atoms with Gasteiger partial charge in [0, 0.05) is 15.3 Å². The van der Waals surface area contributed by atoms with Crippen LogP contribution in [0, 0.1) is 0 Å². The zero-order valence-electron chi connectivity index (χ0n) is 14.0. The van der Waals surface area contributed by atoms with Crippen molar-refractivity contribution in [1.82, 2.24) is 0 Å². The van der Waals surface area contributed by atoms with Crippen LogP contribution in [0.15, 0.2) is 71.3 Å². The number of allylic oxidation sites excluding steroid dienone is 1. The number of nitrogens with one attached hydrogen (secondary N) is 1. The normalized spacial score (nSPS) is 16.4. The summed E-state index contributed by atoms with van der Waals surface area (Å²) in [5.41, 5.74) is 4.93. The van der Waals surface area contributed by atoms with Crippen LogP contribution in [0.3, 0.4) is 0 Å². The quantitative estimate of drug-likeness (QED) is 0.728. The first kappa shape index (κ1) is 15.9. The van der Waals surface area contributed by atoms with E-state index < -0.39 is 0 Å². The summed E-state index contributed by atoms with van der Waals surface area (Å²) in [5.74, 6) is 0. The fraction of sp³-hybridized carbons (Fsp3) is 0.238. The topological polar surface area (TPSA) is 12.0 Å². The van der Waals surface area contributed by atoms with Gasteiger partial charge in [-0.3, -0.25) is 0 Å². The van der Waals surface area contributed by atoms with Crippen molar-refractivity contribution in [2.24, 2.45) is 0 Å². The van der Waals surface area contributed by atoms with Crippen LogP contribution in [0.5, 0.6) is 0 Å². The van der Waals surface area contributed by atoms with Crippen molar-refractivity contribution in [2.45, 2.75) is 36.8 Å². The molecule has 1 aliphatic heterocycles. The highest BCUT2D eigenvalue weighted by Crippen LogP contribution is 2.41. The molecule has 3 rings (SSSR count). The van der Waals surface area contributed by atoms with Gasteiger partial charge in [-0.2, -0.15) is 0 Å². The number of rotatable bonds is 3. The Hall–Kier alpha value is -1.93. The molecule has 0 aliphatic carbocycles. The molecule has 2 aromatic carbocycles. The number of fused-ring (bicyclic) bond motifs is 1. The van der Waals surface area contributed by atoms with Gasteiger partial charge in [0.1, 0.15) is 0 Å². The van der Waals surface area contributed by atoms with Crippen molar-refractivity contribution in [3.63, 3.8) is 0 Å². The average molecular weight is 321 g/mol. The SMILES string of the molecule is CCc1ccc(/C=C/C2=CC(C)(C)Sc3ccccc3N2)cc1. The number of para-hydroxylation sites is 1. The molecule has 0 amide bonds. The van der Waals surface area contributed by atoms with Crippen molar-refractivity contribution in [3.05, 3.63) is 77.5 Å². The van der Waals surface area contributed by atoms with Crippen LogP contribution in [0.2, 0.25) is 0 Å². The van der Waals surface area contributed by atoms with E-state index in [1.165, 1.54) is 21.7 Å². The van der Waals surface area contributed by atoms with Crippen molar-refractivity contribution < 1.29 is 0 Å². The lowest BCUT2D eigenvalue weighted by Crippen LogP contribution is -2.10. The second kappa shape index (κ2) is 6.67. The molecule has 0 radical (unpaired) electrons. The average Bonchev–Trinajstić information content (AvgIpc) is 2.67. The number of anilines is 1. The molecule has 0 atom stereocenters. The molecule has 2 aromatic rings. The maximum Gasteiger partial charge on any atom is 0.0522 e. The number of hydrogen-bond acceptors (Lipinski definition) is 2. The molecule has 2 heteroatoms. The van der Waals surface area contributed by atoms with Crippen LogP contribution >= 0.6 is 11.8 Å². The van der Waals surface area contributed by atoms with Crippen LogP contribution in [0.4, 0.5) is 5.69 Å². The zero-order chi connectivity index (χ0) is 16.3. The first-order valence-corrected chi connectivity index (χ1v) is 8.92. The Bertz CT molecular complexity index is 739. The molecule has 0 fully saturated rings. The Labute approximate surface area is 143 Å². The third kappa shape index (κ3) is 4.08. The smallest absolute Gasteiger partial charge is 0.0522 e. The van der Waals surface area contributed by atoms with E-state index in [9.17, 15) is 0 Å². The number of benzene rings is 2. The number of thioether (sulfide) groups is 1. The fourth-order valence-electron chi connectivity index (χ4n) is 2.68. The zero-order valence-corrected chi connectivity index (χ0v) is 14.8. The van der Waals surface area contributed by atoms with Crippen LogP contribution in [-0.4, -0.2) is 4.75 Å². The van der Waals surface area contributed by atoms with E-state index in [2.05, 4.69) is 92.8 Å². The lowest BCUT2D eigenvalue weighted by atomic mass is 10.1. The van der Waals surface area contributed by atoms with Crippen molar-refractivity contribution in [3.8, 4) is 0 Å². The van der Waals surface area contributed by atoms with Crippen LogP contribution in [0.25, 0.3) is 6.08 Å². The molecule has 0 saturated heterocycles. The highest BCUT2D eigenvalue weighted by molar-refractivity contribution is 8.01. The summed E-state index contributed by atoms with van der Waals surface area (Å²) in [6.07, 6.45) is 7.73. The minimum atomic E-state index is 0.0609. The third-order valence-corrected chi connectivity index (χ3v) is 5.11. The molecule has 0 unspecified atom stereocenters. The molecule has 1 nitrogen and oxygen atoms in total. The maximum atomic E-state index is 3.56. The van der Waals surface area contributed by atoms with Crippen molar-refractivity contribution in [2.75, 3.05) is 5.32 Å². The first-order chi connectivity index (χ1) is 11.1. The van der Waals surface area contributed by atoms with Gasteiger partial charge in [0.2, 0.25) is 0 Å². The molecular formula is C21H23NS. The van der Waals surface area contributed by atoms with E-state index in [4.69, 9.17) is 0 Å². The van der Waals surface area contributed by atoms with Gasteiger partial charge in [-0.25, -0.2) is 0 Å². The number of hydrogen-bond donors (Lipinski definition) is 1. The second-order valence-corrected chi connectivity index (χ2v) is 8.05. The fourth-order valence-corrected chi connectivity index (χ4v) is 3.81. The first-order valence-electron chi connectivity index (χ1n) is 8.11. The van der Waals surface area contributed by atoms with E-state index in [0.29, 0.717) is 0 Å². The maximum absolute atomic E-state index is 3.56. The summed E-state index contributed by atoms with van der Waals surface area (Å²) in [6, 6.07) is 17.3. The third-order valence-electron chi connectivity index (χ3n) is 3.89. The predicted molar refractivity (Wildman–Crippen MR) is 103 cm³/mol. The van der Waals surface area contributed by atoms with Gasteiger partial charge in [-0.1, -0.05) is 49.4 Å². The van der Waals surface area contributed by atoms with Gasteiger partial charge in [-0.15, -0.1) is 11.8 Å². The largest absolute Gasteiger partial charge is 0.355 e. The van der Waals surface area contributed by atoms with E-state index in [0.717, 1.165) is 12.1 Å². The van der Waals surface area contributed by atoms with Crippen LogP contribution in [-0.2, 0) is 6.42 Å². The van der Waals surface area contributed by atoms with E-state index >= 15 is 0 Å². The van der Waals surface area contributed by atoms with Gasteiger partial charge in [0.25, 0.3) is 0 Å². The molecule has 0 aromatic heterocycles. The molecular weight excluding hydrogens is 298 g/mol. The molecule has 23 heavy (non-hydrogen) atoms. The molecule has 118 valence electrons. The standard InChI is InChI=1S/C21H23NS/c1-4-16-9-11-17(12-10-16)13-14-18-15-21(2,3)23-20-8-6-5-7-19(20)22-18/h5-15,22H,4H2,1-3H3/b14-13+. The van der Waals surface area contributed by atoms with Gasteiger partial charge < -0.3 is 5.32 Å². The minimum absolute atomic E-state index is 0.0609. The van der Waals surface area contributed by atoms with E-state index in [1.54, 1.807) is 0 Å². The summed E-state index contributed by atoms with van der Waals surface area (Å²) < 4.78 is 0.0609. The Morgan fingerprint density at radius 1 is 1.00 bits per heavy atom. The Kier molecular flexibility index (Phi) is 4.63. The van der Waals surface area contributed by atoms with E-state index in [-0.39, 0.29) is 4.75 Å². The summed E-state index contributed by atoms with van der Waals surface area (Å²) in [7, 11) is 0. The van der Waals surface area contributed by atoms with Crippen LogP contribution < -0.4 is 5.32 Å². The Morgan fingerprint density at radius 2 is 1.74 bits per heavy atom. The molecule has 1 aliphatic rings. The van der Waals surface area contributed by atoms with Gasteiger partial charge in [0.15, 0.2) is 0 Å². The van der Waals surface area contributed by atoms with Crippen molar-refractivity contribution >= 4 is 23.5 Å². The lowest BCUT2D eigenvalue weighted by molar-refractivity contribution is 0.895. The molecule has 0 saturated carbocycles. The highest BCUT2D eigenvalue weighted by atomic mass is 32.2. The minimum Gasteiger partial charge on any atom is -0.355 e. The molecule has 1 heterocycles. The second-order valence-electron chi connectivity index (χ2n) is 6.35. The molecule has 0 spiro atoms. The molecule has 0 bridgehead atoms. The monoisotopic (exact) mass is 321 g/mol. The Morgan fingerprint density at radius 3 is 2.48 bits per heavy atom. The van der Waals surface area contributed by atoms with Gasteiger partial charge in [-0.05, 0) is 55.7 Å². The summed E-state index contributed by atoms with van der Waals surface area (Å²) in [4.78, 5) is 1.30. The van der Waals surface area contributed by atoms with E-state index in [1.807, 2.05) is 11.8 Å². The predicted octanol–water partition coefficient (Wildman–Crippen LogP) is 6.14.